The molecule has 1 heterocycles. The van der Waals surface area contributed by atoms with Crippen LogP contribution in [0, 0.1) is 6.92 Å². The van der Waals surface area contributed by atoms with Crippen molar-refractivity contribution in [2.24, 2.45) is 12.2 Å². The minimum Gasteiger partial charge on any atom is -0.399 e. The van der Waals surface area contributed by atoms with Gasteiger partial charge >= 0.3 is 0 Å². The average molecular weight is 216 g/mol. The lowest BCUT2D eigenvalue weighted by Crippen LogP contribution is -1.93. The lowest BCUT2D eigenvalue weighted by atomic mass is 10.1. The summed E-state index contributed by atoms with van der Waals surface area (Å²) in [7, 11) is 3.61. The van der Waals surface area contributed by atoms with E-state index in [4.69, 9.17) is 4.84 Å². The van der Waals surface area contributed by atoms with E-state index < -0.39 is 0 Å². The van der Waals surface area contributed by atoms with Crippen molar-refractivity contribution in [2.75, 3.05) is 7.11 Å². The minimum atomic E-state index is 0.902. The Morgan fingerprint density at radius 1 is 1.38 bits per heavy atom. The lowest BCUT2D eigenvalue weighted by Gasteiger charge is -1.99. The van der Waals surface area contributed by atoms with Crippen LogP contribution in [0.4, 0.5) is 0 Å². The molecule has 0 aliphatic heterocycles. The number of aryl methyl sites for hydroxylation is 2. The van der Waals surface area contributed by atoms with Gasteiger partial charge in [-0.05, 0) is 26.0 Å². The molecule has 0 bridgehead atoms. The Kier molecular flexibility index (Phi) is 2.69. The molecule has 1 aromatic heterocycles. The fourth-order valence-electron chi connectivity index (χ4n) is 1.98. The maximum atomic E-state index is 4.83. The van der Waals surface area contributed by atoms with Gasteiger partial charge in [-0.1, -0.05) is 16.8 Å². The highest BCUT2D eigenvalue weighted by molar-refractivity contribution is 6.09. The number of fused-ring (bicyclic) bond motifs is 1. The molecule has 0 N–H and O–H groups in total. The van der Waals surface area contributed by atoms with Crippen LogP contribution in [-0.4, -0.2) is 17.4 Å². The molecule has 0 unspecified atom stereocenters. The third-order valence-corrected chi connectivity index (χ3v) is 2.76. The predicted molar refractivity (Wildman–Crippen MR) is 66.9 cm³/mol. The Hall–Kier alpha value is -1.77. The van der Waals surface area contributed by atoms with Crippen molar-refractivity contribution in [3.05, 3.63) is 35.5 Å². The third-order valence-electron chi connectivity index (χ3n) is 2.76. The summed E-state index contributed by atoms with van der Waals surface area (Å²) in [6, 6.07) is 6.43. The zero-order chi connectivity index (χ0) is 11.7. The van der Waals surface area contributed by atoms with Gasteiger partial charge in [-0.25, -0.2) is 0 Å². The first-order valence-corrected chi connectivity index (χ1v) is 5.27. The fourth-order valence-corrected chi connectivity index (χ4v) is 1.98. The van der Waals surface area contributed by atoms with E-state index in [-0.39, 0.29) is 0 Å². The molecule has 0 fully saturated rings. The maximum Gasteiger partial charge on any atom is 0.106 e. The van der Waals surface area contributed by atoms with Gasteiger partial charge in [0.2, 0.25) is 0 Å². The van der Waals surface area contributed by atoms with Crippen LogP contribution in [0.2, 0.25) is 0 Å². The molecule has 0 aliphatic rings. The average Bonchev–Trinajstić information content (AvgIpc) is 2.56. The highest BCUT2D eigenvalue weighted by Crippen LogP contribution is 2.22. The zero-order valence-electron chi connectivity index (χ0n) is 10.1. The second-order valence-electron chi connectivity index (χ2n) is 4.03. The van der Waals surface area contributed by atoms with E-state index in [0.29, 0.717) is 0 Å². The van der Waals surface area contributed by atoms with Crippen LogP contribution in [0.5, 0.6) is 0 Å². The Labute approximate surface area is 95.3 Å². The summed E-state index contributed by atoms with van der Waals surface area (Å²) in [5, 5.41) is 5.21. The zero-order valence-corrected chi connectivity index (χ0v) is 10.1. The van der Waals surface area contributed by atoms with Gasteiger partial charge in [0.05, 0.1) is 5.71 Å². The van der Waals surface area contributed by atoms with Crippen LogP contribution in [0.3, 0.4) is 0 Å². The van der Waals surface area contributed by atoms with Crippen LogP contribution in [0.1, 0.15) is 18.1 Å². The summed E-state index contributed by atoms with van der Waals surface area (Å²) in [6.45, 7) is 4.06. The number of aromatic nitrogens is 1. The number of rotatable bonds is 2. The van der Waals surface area contributed by atoms with Gasteiger partial charge in [0.15, 0.2) is 0 Å². The van der Waals surface area contributed by atoms with Gasteiger partial charge < -0.3 is 9.40 Å². The van der Waals surface area contributed by atoms with E-state index >= 15 is 0 Å². The molecule has 16 heavy (non-hydrogen) atoms. The molecule has 0 saturated carbocycles. The first kappa shape index (κ1) is 10.7. The molecule has 0 radical (unpaired) electrons. The SMILES string of the molecule is CO/N=C(\C)c1cn(C)c2ccc(C)cc12. The van der Waals surface area contributed by atoms with Gasteiger partial charge in [-0.2, -0.15) is 0 Å². The van der Waals surface area contributed by atoms with Gasteiger partial charge in [0.25, 0.3) is 0 Å². The van der Waals surface area contributed by atoms with Crippen LogP contribution in [0.15, 0.2) is 29.6 Å². The monoisotopic (exact) mass is 216 g/mol. The molecule has 3 nitrogen and oxygen atoms in total. The van der Waals surface area contributed by atoms with Crippen LogP contribution in [0.25, 0.3) is 10.9 Å². The highest BCUT2D eigenvalue weighted by Gasteiger charge is 2.09. The van der Waals surface area contributed by atoms with Crippen LogP contribution in [-0.2, 0) is 11.9 Å². The van der Waals surface area contributed by atoms with E-state index in [9.17, 15) is 0 Å². The van der Waals surface area contributed by atoms with Crippen molar-refractivity contribution < 1.29 is 4.84 Å². The summed E-state index contributed by atoms with van der Waals surface area (Å²) >= 11 is 0. The molecule has 0 saturated heterocycles. The number of hydrogen-bond acceptors (Lipinski definition) is 2. The van der Waals surface area contributed by atoms with Crippen LogP contribution < -0.4 is 0 Å². The molecule has 1 aromatic carbocycles. The Balaban J connectivity index is 2.70. The van der Waals surface area contributed by atoms with E-state index in [1.165, 1.54) is 16.5 Å². The fraction of sp³-hybridized carbons (Fsp3) is 0.308. The van der Waals surface area contributed by atoms with E-state index in [2.05, 4.69) is 41.0 Å². The summed E-state index contributed by atoms with van der Waals surface area (Å²) in [5.74, 6) is 0. The second-order valence-corrected chi connectivity index (χ2v) is 4.03. The van der Waals surface area contributed by atoms with Crippen LogP contribution >= 0.6 is 0 Å². The summed E-state index contributed by atoms with van der Waals surface area (Å²) in [5.41, 5.74) is 4.50. The molecule has 2 rings (SSSR count). The highest BCUT2D eigenvalue weighted by atomic mass is 16.6. The van der Waals surface area contributed by atoms with Gasteiger partial charge in [0, 0.05) is 29.7 Å². The molecule has 0 aliphatic carbocycles. The van der Waals surface area contributed by atoms with Crippen molar-refractivity contribution in [3.63, 3.8) is 0 Å². The van der Waals surface area contributed by atoms with Crippen molar-refractivity contribution in [2.45, 2.75) is 13.8 Å². The summed E-state index contributed by atoms with van der Waals surface area (Å²) in [6.07, 6.45) is 2.09. The number of benzene rings is 1. The molecule has 0 amide bonds. The summed E-state index contributed by atoms with van der Waals surface area (Å²) < 4.78 is 2.11. The smallest absolute Gasteiger partial charge is 0.106 e. The normalized spacial score (nSPS) is 12.1. The Morgan fingerprint density at radius 3 is 2.81 bits per heavy atom. The topological polar surface area (TPSA) is 26.5 Å². The maximum absolute atomic E-state index is 4.83. The number of oxime groups is 1. The van der Waals surface area contributed by atoms with Crippen molar-refractivity contribution in [1.82, 2.24) is 4.57 Å². The largest absolute Gasteiger partial charge is 0.399 e. The molecule has 0 spiro atoms. The first-order valence-electron chi connectivity index (χ1n) is 5.27. The molecular formula is C13H16N2O. The molecule has 84 valence electrons. The molecule has 3 heteroatoms. The second kappa shape index (κ2) is 4.00. The Morgan fingerprint density at radius 2 is 2.12 bits per heavy atom. The van der Waals surface area contributed by atoms with E-state index in [0.717, 1.165) is 11.3 Å². The van der Waals surface area contributed by atoms with E-state index in [1.54, 1.807) is 7.11 Å². The molecule has 0 atom stereocenters. The van der Waals surface area contributed by atoms with Crippen molar-refractivity contribution in [1.29, 1.82) is 0 Å². The first-order chi connectivity index (χ1) is 7.63. The van der Waals surface area contributed by atoms with Crippen molar-refractivity contribution >= 4 is 16.6 Å². The lowest BCUT2D eigenvalue weighted by molar-refractivity contribution is 0.213. The number of nitrogens with zero attached hydrogens (tertiary/aromatic N) is 2. The van der Waals surface area contributed by atoms with E-state index in [1.807, 2.05) is 14.0 Å². The van der Waals surface area contributed by atoms with Crippen molar-refractivity contribution in [3.8, 4) is 0 Å². The predicted octanol–water partition coefficient (Wildman–Crippen LogP) is 2.86. The summed E-state index contributed by atoms with van der Waals surface area (Å²) in [4.78, 5) is 4.83. The molecular weight excluding hydrogens is 200 g/mol. The Bertz CT molecular complexity index is 552. The number of hydrogen-bond donors (Lipinski definition) is 0. The van der Waals surface area contributed by atoms with Gasteiger partial charge in [-0.3, -0.25) is 0 Å². The molecule has 2 aromatic rings. The quantitative estimate of drug-likeness (QED) is 0.560. The van der Waals surface area contributed by atoms with Gasteiger partial charge in [0.1, 0.15) is 7.11 Å². The minimum absolute atomic E-state index is 0.902. The third kappa shape index (κ3) is 1.69. The van der Waals surface area contributed by atoms with Gasteiger partial charge in [-0.15, -0.1) is 0 Å². The standard InChI is InChI=1S/C13H16N2O/c1-9-5-6-13-11(7-9)12(8-15(13)3)10(2)14-16-4/h5-8H,1-4H3/b14-10+.